The van der Waals surface area contributed by atoms with E-state index in [1.807, 2.05) is 54.6 Å². The smallest absolute Gasteiger partial charge is 0.166 e. The van der Waals surface area contributed by atoms with E-state index in [4.69, 9.17) is 15.0 Å². The van der Waals surface area contributed by atoms with E-state index in [9.17, 15) is 10.5 Å². The highest BCUT2D eigenvalue weighted by Gasteiger charge is 2.31. The lowest BCUT2D eigenvalue weighted by Crippen LogP contribution is -2.24. The molecule has 196 valence electrons. The van der Waals surface area contributed by atoms with Crippen LogP contribution >= 0.6 is 0 Å². The molecule has 0 amide bonds. The van der Waals surface area contributed by atoms with Crippen molar-refractivity contribution in [3.05, 3.63) is 90.4 Å². The minimum atomic E-state index is -0.0280. The number of allylic oxidation sites excluding steroid dienone is 5. The number of nitriles is 2. The highest BCUT2D eigenvalue weighted by atomic mass is 15.1. The van der Waals surface area contributed by atoms with Crippen molar-refractivity contribution in [3.8, 4) is 34.9 Å². The predicted molar refractivity (Wildman–Crippen MR) is 157 cm³/mol. The molecule has 1 aliphatic rings. The van der Waals surface area contributed by atoms with Gasteiger partial charge in [-0.3, -0.25) is 0 Å². The summed E-state index contributed by atoms with van der Waals surface area (Å²) in [5.41, 5.74) is 5.25. The molecule has 0 radical (unpaired) electrons. The maximum absolute atomic E-state index is 9.76. The molecule has 0 saturated heterocycles. The maximum Gasteiger partial charge on any atom is 0.166 e. The fraction of sp³-hybridized carbons (Fsp3) is 0.303. The molecule has 0 bridgehead atoms. The van der Waals surface area contributed by atoms with Gasteiger partial charge in [0.25, 0.3) is 0 Å². The first-order valence-corrected chi connectivity index (χ1v) is 13.5. The molecule has 3 atom stereocenters. The van der Waals surface area contributed by atoms with Gasteiger partial charge in [-0.1, -0.05) is 69.8 Å². The van der Waals surface area contributed by atoms with Gasteiger partial charge in [-0.15, -0.1) is 0 Å². The minimum absolute atomic E-state index is 0.0280. The monoisotopic (exact) mass is 514 g/mol. The zero-order valence-corrected chi connectivity index (χ0v) is 23.1. The topological polar surface area (TPSA) is 89.5 Å². The molecule has 6 nitrogen and oxygen atoms in total. The van der Waals surface area contributed by atoms with Crippen molar-refractivity contribution in [1.29, 1.82) is 10.5 Å². The summed E-state index contributed by atoms with van der Waals surface area (Å²) in [5.74, 6) is 1.97. The van der Waals surface area contributed by atoms with Crippen LogP contribution in [0.2, 0.25) is 0 Å². The van der Waals surface area contributed by atoms with E-state index in [1.165, 1.54) is 0 Å². The van der Waals surface area contributed by atoms with Crippen LogP contribution in [0.25, 0.3) is 28.3 Å². The van der Waals surface area contributed by atoms with Crippen LogP contribution in [-0.2, 0) is 0 Å². The van der Waals surface area contributed by atoms with Gasteiger partial charge in [0.15, 0.2) is 17.5 Å². The highest BCUT2D eigenvalue weighted by molar-refractivity contribution is 5.79. The molecule has 1 heterocycles. The Bertz CT molecular complexity index is 1490. The van der Waals surface area contributed by atoms with Crippen LogP contribution in [-0.4, -0.2) is 21.5 Å². The summed E-state index contributed by atoms with van der Waals surface area (Å²) in [6, 6.07) is 20.3. The van der Waals surface area contributed by atoms with Crippen molar-refractivity contribution in [2.24, 2.45) is 17.8 Å². The first kappa shape index (κ1) is 27.5. The fourth-order valence-corrected chi connectivity index (χ4v) is 5.18. The van der Waals surface area contributed by atoms with Gasteiger partial charge in [0.05, 0.1) is 29.3 Å². The van der Waals surface area contributed by atoms with E-state index >= 15 is 0 Å². The summed E-state index contributed by atoms with van der Waals surface area (Å²) in [4.78, 5) is 17.1. The van der Waals surface area contributed by atoms with Crippen LogP contribution in [0.1, 0.15) is 51.9 Å². The van der Waals surface area contributed by atoms with Crippen LogP contribution in [0.15, 0.2) is 79.0 Å². The number of hydrogen-bond donors (Lipinski definition) is 0. The van der Waals surface area contributed by atoms with Crippen molar-refractivity contribution in [2.75, 3.05) is 11.4 Å². The Morgan fingerprint density at radius 3 is 2.38 bits per heavy atom. The summed E-state index contributed by atoms with van der Waals surface area (Å²) >= 11 is 0. The van der Waals surface area contributed by atoms with Gasteiger partial charge < -0.3 is 4.90 Å². The van der Waals surface area contributed by atoms with E-state index in [2.05, 4.69) is 57.4 Å². The molecule has 0 N–H and O–H groups in total. The third kappa shape index (κ3) is 5.66. The second-order valence-electron chi connectivity index (χ2n) is 9.79. The van der Waals surface area contributed by atoms with Crippen molar-refractivity contribution < 1.29 is 0 Å². The highest BCUT2D eigenvalue weighted by Crippen LogP contribution is 2.40. The van der Waals surface area contributed by atoms with E-state index in [1.54, 1.807) is 6.08 Å². The molecule has 1 aliphatic carbocycles. The van der Waals surface area contributed by atoms with Crippen molar-refractivity contribution >= 4 is 11.3 Å². The number of aromatic nitrogens is 3. The van der Waals surface area contributed by atoms with E-state index in [0.717, 1.165) is 41.1 Å². The number of hydrogen-bond acceptors (Lipinski definition) is 6. The summed E-state index contributed by atoms with van der Waals surface area (Å²) < 4.78 is 0. The molecule has 0 saturated carbocycles. The molecule has 3 aromatic rings. The summed E-state index contributed by atoms with van der Waals surface area (Å²) in [6.45, 7) is 13.1. The number of rotatable bonds is 8. The van der Waals surface area contributed by atoms with E-state index in [0.29, 0.717) is 29.5 Å². The number of anilines is 1. The van der Waals surface area contributed by atoms with Crippen LogP contribution in [0.5, 0.6) is 0 Å². The fourth-order valence-electron chi connectivity index (χ4n) is 5.18. The molecule has 3 unspecified atom stereocenters. The molecular formula is C33H34N6. The Labute approximate surface area is 231 Å². The molecule has 4 rings (SSSR count). The Kier molecular flexibility index (Phi) is 8.69. The first-order chi connectivity index (χ1) is 18.9. The lowest BCUT2D eigenvalue weighted by Gasteiger charge is -2.30. The molecule has 2 aromatic carbocycles. The SMILES string of the molecule is C=C/C=C(\CC)N(CC)c1ccc(C#N)cc1-c1nc(C2=CCC(C#N)C(C)C2C)nc(-c2ccccc2)n1. The Hall–Kier alpha value is -4.55. The van der Waals surface area contributed by atoms with Gasteiger partial charge in [0, 0.05) is 23.4 Å². The summed E-state index contributed by atoms with van der Waals surface area (Å²) in [7, 11) is 0. The standard InChI is InChI=1S/C33H34N6/c1-6-12-27(7-2)39(8-3)30-18-15-24(20-34)19-29(30)33-37-31(25-13-10-9-11-14-25)36-32(38-33)28-17-16-26(21-35)22(4)23(28)5/h6,9-15,17-19,22-23,26H,1,7-8,16H2,2-5H3/b27-12+. The van der Waals surface area contributed by atoms with Gasteiger partial charge in [0.2, 0.25) is 0 Å². The van der Waals surface area contributed by atoms with Gasteiger partial charge in [0.1, 0.15) is 0 Å². The van der Waals surface area contributed by atoms with Gasteiger partial charge in [-0.2, -0.15) is 10.5 Å². The van der Waals surface area contributed by atoms with Gasteiger partial charge >= 0.3 is 0 Å². The minimum Gasteiger partial charge on any atom is -0.345 e. The number of benzene rings is 2. The quantitative estimate of drug-likeness (QED) is 0.288. The molecule has 0 fully saturated rings. The molecule has 0 spiro atoms. The molecular weight excluding hydrogens is 480 g/mol. The molecule has 39 heavy (non-hydrogen) atoms. The zero-order valence-electron chi connectivity index (χ0n) is 23.1. The summed E-state index contributed by atoms with van der Waals surface area (Å²) in [5, 5.41) is 19.4. The number of nitrogens with zero attached hydrogens (tertiary/aromatic N) is 6. The summed E-state index contributed by atoms with van der Waals surface area (Å²) in [6.07, 6.45) is 7.41. The second kappa shape index (κ2) is 12.3. The van der Waals surface area contributed by atoms with Crippen LogP contribution in [0.4, 0.5) is 5.69 Å². The second-order valence-corrected chi connectivity index (χ2v) is 9.79. The van der Waals surface area contributed by atoms with Crippen molar-refractivity contribution in [1.82, 2.24) is 15.0 Å². The van der Waals surface area contributed by atoms with Gasteiger partial charge in [-0.05, 0) is 61.4 Å². The third-order valence-electron chi connectivity index (χ3n) is 7.59. The Morgan fingerprint density at radius 1 is 1.03 bits per heavy atom. The van der Waals surface area contributed by atoms with Crippen LogP contribution in [0, 0.1) is 40.4 Å². The average molecular weight is 515 g/mol. The average Bonchev–Trinajstić information content (AvgIpc) is 2.98. The lowest BCUT2D eigenvalue weighted by atomic mass is 9.74. The van der Waals surface area contributed by atoms with Crippen LogP contribution in [0.3, 0.4) is 0 Å². The lowest BCUT2D eigenvalue weighted by molar-refractivity contribution is 0.352. The van der Waals surface area contributed by atoms with Crippen molar-refractivity contribution in [3.63, 3.8) is 0 Å². The largest absolute Gasteiger partial charge is 0.345 e. The van der Waals surface area contributed by atoms with Crippen molar-refractivity contribution in [2.45, 2.75) is 40.5 Å². The van der Waals surface area contributed by atoms with Crippen LogP contribution < -0.4 is 4.90 Å². The predicted octanol–water partition coefficient (Wildman–Crippen LogP) is 7.58. The zero-order chi connectivity index (χ0) is 27.9. The normalized spacial score (nSPS) is 19.0. The van der Waals surface area contributed by atoms with E-state index in [-0.39, 0.29) is 17.8 Å². The third-order valence-corrected chi connectivity index (χ3v) is 7.59. The van der Waals surface area contributed by atoms with Gasteiger partial charge in [-0.25, -0.2) is 15.0 Å². The molecule has 6 heteroatoms. The first-order valence-electron chi connectivity index (χ1n) is 13.5. The Balaban J connectivity index is 1.98. The maximum atomic E-state index is 9.76. The molecule has 1 aromatic heterocycles. The van der Waals surface area contributed by atoms with E-state index < -0.39 is 0 Å². The Morgan fingerprint density at radius 2 is 1.74 bits per heavy atom. The molecule has 0 aliphatic heterocycles.